The Morgan fingerprint density at radius 3 is 2.19 bits per heavy atom. The molecule has 0 aromatic heterocycles. The van der Waals surface area contributed by atoms with Crippen LogP contribution in [-0.4, -0.2) is 26.1 Å². The summed E-state index contributed by atoms with van der Waals surface area (Å²) in [5, 5.41) is 0. The van der Waals surface area contributed by atoms with Crippen LogP contribution in [0, 0.1) is 6.92 Å². The highest BCUT2D eigenvalue weighted by molar-refractivity contribution is 5.41. The van der Waals surface area contributed by atoms with Crippen LogP contribution in [0.15, 0.2) is 18.2 Å². The van der Waals surface area contributed by atoms with Gasteiger partial charge in [-0.1, -0.05) is 38.5 Å². The van der Waals surface area contributed by atoms with Gasteiger partial charge in [0.05, 0.1) is 6.61 Å². The van der Waals surface area contributed by atoms with E-state index >= 15 is 0 Å². The molecule has 0 unspecified atom stereocenters. The molecule has 21 heavy (non-hydrogen) atoms. The molecule has 0 spiro atoms. The van der Waals surface area contributed by atoms with Crippen molar-refractivity contribution in [2.75, 3.05) is 19.8 Å². The van der Waals surface area contributed by atoms with Crippen molar-refractivity contribution in [2.45, 2.75) is 59.7 Å². The molecule has 0 fully saturated rings. The lowest BCUT2D eigenvalue weighted by molar-refractivity contribution is -0.142. The van der Waals surface area contributed by atoms with E-state index in [1.54, 1.807) is 0 Å². The smallest absolute Gasteiger partial charge is 0.160 e. The third kappa shape index (κ3) is 6.06. The Hall–Kier alpha value is -1.06. The van der Waals surface area contributed by atoms with Crippen molar-refractivity contribution in [3.63, 3.8) is 0 Å². The molecular weight excluding hydrogens is 264 g/mol. The molecule has 1 aromatic rings. The summed E-state index contributed by atoms with van der Waals surface area (Å²) in [6.45, 7) is 14.6. The van der Waals surface area contributed by atoms with E-state index in [1.807, 2.05) is 13.8 Å². The topological polar surface area (TPSA) is 27.7 Å². The van der Waals surface area contributed by atoms with Gasteiger partial charge in [0.2, 0.25) is 0 Å². The lowest BCUT2D eigenvalue weighted by atomic mass is 9.85. The summed E-state index contributed by atoms with van der Waals surface area (Å²) in [6, 6.07) is 6.36. The van der Waals surface area contributed by atoms with E-state index in [-0.39, 0.29) is 11.7 Å². The first-order valence-corrected chi connectivity index (χ1v) is 7.85. The van der Waals surface area contributed by atoms with Crippen molar-refractivity contribution in [1.82, 2.24) is 0 Å². The van der Waals surface area contributed by atoms with Gasteiger partial charge in [0.15, 0.2) is 6.29 Å². The maximum atomic E-state index is 5.98. The zero-order chi connectivity index (χ0) is 15.9. The number of rotatable bonds is 8. The molecule has 0 atom stereocenters. The lowest BCUT2D eigenvalue weighted by Gasteiger charge is -2.24. The third-order valence-electron chi connectivity index (χ3n) is 3.26. The Kier molecular flexibility index (Phi) is 7.20. The van der Waals surface area contributed by atoms with Crippen LogP contribution in [0.1, 0.15) is 52.2 Å². The van der Waals surface area contributed by atoms with Crippen molar-refractivity contribution in [3.8, 4) is 5.75 Å². The molecule has 0 amide bonds. The molecule has 0 saturated carbocycles. The number of hydrogen-bond acceptors (Lipinski definition) is 3. The summed E-state index contributed by atoms with van der Waals surface area (Å²) < 4.78 is 17.1. The first-order valence-electron chi connectivity index (χ1n) is 7.85. The van der Waals surface area contributed by atoms with E-state index < -0.39 is 0 Å². The average Bonchev–Trinajstić information content (AvgIpc) is 2.39. The second-order valence-electron chi connectivity index (χ2n) is 6.23. The highest BCUT2D eigenvalue weighted by Crippen LogP contribution is 2.32. The standard InChI is InChI=1S/C18H30O3/c1-7-19-17(20-8-2)11-12-21-16-10-9-14(3)13-15(16)18(4,5)6/h9-10,13,17H,7-8,11-12H2,1-6H3. The summed E-state index contributed by atoms with van der Waals surface area (Å²) >= 11 is 0. The van der Waals surface area contributed by atoms with Gasteiger partial charge in [-0.3, -0.25) is 0 Å². The minimum Gasteiger partial charge on any atom is -0.493 e. The van der Waals surface area contributed by atoms with Crippen molar-refractivity contribution < 1.29 is 14.2 Å². The van der Waals surface area contributed by atoms with Gasteiger partial charge in [-0.15, -0.1) is 0 Å². The average molecular weight is 294 g/mol. The SMILES string of the molecule is CCOC(CCOc1ccc(C)cc1C(C)(C)C)OCC. The van der Waals surface area contributed by atoms with Gasteiger partial charge < -0.3 is 14.2 Å². The highest BCUT2D eigenvalue weighted by Gasteiger charge is 2.19. The first kappa shape index (κ1) is 18.0. The van der Waals surface area contributed by atoms with Crippen molar-refractivity contribution in [3.05, 3.63) is 29.3 Å². The van der Waals surface area contributed by atoms with Crippen molar-refractivity contribution >= 4 is 0 Å². The molecule has 0 aliphatic rings. The van der Waals surface area contributed by atoms with Crippen LogP contribution in [-0.2, 0) is 14.9 Å². The monoisotopic (exact) mass is 294 g/mol. The zero-order valence-corrected chi connectivity index (χ0v) is 14.4. The molecule has 120 valence electrons. The van der Waals surface area contributed by atoms with Gasteiger partial charge in [-0.25, -0.2) is 0 Å². The minimum atomic E-state index is -0.177. The van der Waals surface area contributed by atoms with Gasteiger partial charge in [0.25, 0.3) is 0 Å². The maximum Gasteiger partial charge on any atom is 0.160 e. The molecule has 3 nitrogen and oxygen atoms in total. The van der Waals surface area contributed by atoms with Crippen LogP contribution < -0.4 is 4.74 Å². The first-order chi connectivity index (χ1) is 9.88. The van der Waals surface area contributed by atoms with Gasteiger partial charge in [-0.2, -0.15) is 0 Å². The Balaban J connectivity index is 2.66. The quantitative estimate of drug-likeness (QED) is 0.662. The largest absolute Gasteiger partial charge is 0.493 e. The Morgan fingerprint density at radius 1 is 1.05 bits per heavy atom. The van der Waals surface area contributed by atoms with Crippen LogP contribution in [0.2, 0.25) is 0 Å². The predicted molar refractivity (Wildman–Crippen MR) is 87.0 cm³/mol. The predicted octanol–water partition coefficient (Wildman–Crippen LogP) is 4.46. The summed E-state index contributed by atoms with van der Waals surface area (Å²) in [4.78, 5) is 0. The highest BCUT2D eigenvalue weighted by atomic mass is 16.7. The molecule has 0 N–H and O–H groups in total. The summed E-state index contributed by atoms with van der Waals surface area (Å²) in [6.07, 6.45) is 0.558. The summed E-state index contributed by atoms with van der Waals surface area (Å²) in [5.74, 6) is 0.958. The van der Waals surface area contributed by atoms with E-state index in [1.165, 1.54) is 11.1 Å². The maximum absolute atomic E-state index is 5.98. The van der Waals surface area contributed by atoms with E-state index in [9.17, 15) is 0 Å². The number of ether oxygens (including phenoxy) is 3. The van der Waals surface area contributed by atoms with Crippen LogP contribution in [0.25, 0.3) is 0 Å². The molecule has 1 rings (SSSR count). The number of benzene rings is 1. The number of aryl methyl sites for hydroxylation is 1. The molecule has 0 bridgehead atoms. The Bertz CT molecular complexity index is 415. The molecule has 0 aliphatic carbocycles. The molecule has 3 heteroatoms. The van der Waals surface area contributed by atoms with Gasteiger partial charge in [0, 0.05) is 19.6 Å². The van der Waals surface area contributed by atoms with Crippen LogP contribution in [0.3, 0.4) is 0 Å². The molecule has 0 aliphatic heterocycles. The molecule has 0 radical (unpaired) electrons. The van der Waals surface area contributed by atoms with Gasteiger partial charge in [-0.05, 0) is 37.8 Å². The second kappa shape index (κ2) is 8.40. The Morgan fingerprint density at radius 2 is 1.67 bits per heavy atom. The fourth-order valence-corrected chi connectivity index (χ4v) is 2.21. The third-order valence-corrected chi connectivity index (χ3v) is 3.26. The summed E-state index contributed by atoms with van der Waals surface area (Å²) in [5.41, 5.74) is 2.57. The van der Waals surface area contributed by atoms with Gasteiger partial charge >= 0.3 is 0 Å². The molecule has 1 aromatic carbocycles. The van der Waals surface area contributed by atoms with Crippen LogP contribution in [0.4, 0.5) is 0 Å². The van der Waals surface area contributed by atoms with E-state index in [0.29, 0.717) is 19.8 Å². The van der Waals surface area contributed by atoms with Crippen molar-refractivity contribution in [2.24, 2.45) is 0 Å². The molecular formula is C18H30O3. The number of hydrogen-bond donors (Lipinski definition) is 0. The Labute approximate surface area is 129 Å². The fraction of sp³-hybridized carbons (Fsp3) is 0.667. The van der Waals surface area contributed by atoms with Crippen molar-refractivity contribution in [1.29, 1.82) is 0 Å². The van der Waals surface area contributed by atoms with Crippen LogP contribution in [0.5, 0.6) is 5.75 Å². The fourth-order valence-electron chi connectivity index (χ4n) is 2.21. The van der Waals surface area contributed by atoms with Crippen LogP contribution >= 0.6 is 0 Å². The van der Waals surface area contributed by atoms with E-state index in [4.69, 9.17) is 14.2 Å². The van der Waals surface area contributed by atoms with Gasteiger partial charge in [0.1, 0.15) is 5.75 Å². The van der Waals surface area contributed by atoms with E-state index in [0.717, 1.165) is 12.2 Å². The normalized spacial score (nSPS) is 12.0. The summed E-state index contributed by atoms with van der Waals surface area (Å²) in [7, 11) is 0. The molecule has 0 saturated heterocycles. The van der Waals surface area contributed by atoms with E-state index in [2.05, 4.69) is 45.9 Å². The minimum absolute atomic E-state index is 0.0700. The zero-order valence-electron chi connectivity index (χ0n) is 14.4. The second-order valence-corrected chi connectivity index (χ2v) is 6.23. The lowest BCUT2D eigenvalue weighted by Crippen LogP contribution is -2.21. The molecule has 0 heterocycles.